The lowest BCUT2D eigenvalue weighted by molar-refractivity contribution is -0.428. The van der Waals surface area contributed by atoms with Crippen molar-refractivity contribution in [2.24, 2.45) is 0 Å². The molecule has 3 aromatic rings. The fourth-order valence-corrected chi connectivity index (χ4v) is 3.19. The number of rotatable bonds is 3. The fourth-order valence-electron chi connectivity index (χ4n) is 3.19. The van der Waals surface area contributed by atoms with Gasteiger partial charge >= 0.3 is 0 Å². The van der Waals surface area contributed by atoms with Crippen LogP contribution < -0.4 is 15.8 Å². The predicted molar refractivity (Wildman–Crippen MR) is 101 cm³/mol. The maximum Gasteiger partial charge on any atom is 0.258 e. The summed E-state index contributed by atoms with van der Waals surface area (Å²) in [4.78, 5) is 30.8. The third kappa shape index (κ3) is 3.09. The number of pyridine rings is 1. The van der Waals surface area contributed by atoms with Gasteiger partial charge in [0.15, 0.2) is 7.05 Å². The molecule has 7 nitrogen and oxygen atoms in total. The van der Waals surface area contributed by atoms with Crippen LogP contribution in [0.4, 0.5) is 11.4 Å². The molecule has 1 N–H and O–H groups in total. The molecule has 2 aromatic heterocycles. The molecule has 1 fully saturated rings. The predicted octanol–water partition coefficient (Wildman–Crippen LogP) is 1.81. The molecule has 0 amide bonds. The molecule has 132 valence electrons. The molecule has 0 spiro atoms. The Balaban J connectivity index is 1.72. The number of aromatic nitrogens is 2. The number of anilines is 1. The molecule has 3 heterocycles. The second kappa shape index (κ2) is 6.68. The number of piperazine rings is 1. The van der Waals surface area contributed by atoms with Gasteiger partial charge in [0.1, 0.15) is 5.65 Å². The Morgan fingerprint density at radius 2 is 1.81 bits per heavy atom. The van der Waals surface area contributed by atoms with Crippen LogP contribution in [-0.2, 0) is 0 Å². The van der Waals surface area contributed by atoms with E-state index >= 15 is 0 Å². The summed E-state index contributed by atoms with van der Waals surface area (Å²) in [5.74, 6) is 0. The summed E-state index contributed by atoms with van der Waals surface area (Å²) < 4.78 is 2.38. The number of hydrogen-bond acceptors (Lipinski definition) is 5. The lowest BCUT2D eigenvalue weighted by Gasteiger charge is -2.29. The Kier molecular flexibility index (Phi) is 4.22. The Labute approximate surface area is 150 Å². The van der Waals surface area contributed by atoms with Crippen molar-refractivity contribution in [3.05, 3.63) is 63.9 Å². The van der Waals surface area contributed by atoms with Crippen molar-refractivity contribution in [1.29, 1.82) is 0 Å². The number of nitroso groups, excluding NO2 is 1. The summed E-state index contributed by atoms with van der Waals surface area (Å²) >= 11 is 0. The molecule has 0 bridgehead atoms. The van der Waals surface area contributed by atoms with E-state index < -0.39 is 0 Å². The van der Waals surface area contributed by atoms with Crippen LogP contribution in [-0.4, -0.2) is 47.4 Å². The molecule has 0 atom stereocenters. The van der Waals surface area contributed by atoms with Gasteiger partial charge in [-0.3, -0.25) is 9.20 Å². The Morgan fingerprint density at radius 1 is 1.08 bits per heavy atom. The van der Waals surface area contributed by atoms with E-state index in [1.807, 2.05) is 18.3 Å². The van der Waals surface area contributed by atoms with Crippen LogP contribution in [0, 0.1) is 4.91 Å². The number of hydrogen-bond donors (Lipinski definition) is 1. The molecule has 1 aromatic carbocycles. The summed E-state index contributed by atoms with van der Waals surface area (Å²) in [7, 11) is 1.45. The van der Waals surface area contributed by atoms with Crippen LogP contribution >= 0.6 is 0 Å². The summed E-state index contributed by atoms with van der Waals surface area (Å²) in [6, 6.07) is 12.5. The van der Waals surface area contributed by atoms with E-state index in [0.717, 1.165) is 42.2 Å². The minimum atomic E-state index is -0.119. The van der Waals surface area contributed by atoms with Gasteiger partial charge in [0.25, 0.3) is 11.2 Å². The van der Waals surface area contributed by atoms with Gasteiger partial charge in [-0.15, -0.1) is 0 Å². The molecule has 26 heavy (non-hydrogen) atoms. The molecule has 0 unspecified atom stereocenters. The third-order valence-corrected chi connectivity index (χ3v) is 4.65. The maximum absolute atomic E-state index is 12.6. The van der Waals surface area contributed by atoms with Gasteiger partial charge in [-0.05, 0) is 24.3 Å². The first-order chi connectivity index (χ1) is 12.6. The van der Waals surface area contributed by atoms with Gasteiger partial charge in [-0.2, -0.15) is 0 Å². The van der Waals surface area contributed by atoms with Crippen molar-refractivity contribution < 1.29 is 4.76 Å². The van der Waals surface area contributed by atoms with Gasteiger partial charge in [0.2, 0.25) is 0 Å². The monoisotopic (exact) mass is 350 g/mol. The van der Waals surface area contributed by atoms with E-state index in [-0.39, 0.29) is 5.56 Å². The average molecular weight is 350 g/mol. The SMILES string of the molecule is C[N+](=O)c1ccc(-c2cc(=O)n3cc(N4CCNCC4)ccc3n2)cc1. The quantitative estimate of drug-likeness (QED) is 0.730. The molecular formula is C19H20N5O2+. The first-order valence-electron chi connectivity index (χ1n) is 8.62. The molecule has 1 saturated heterocycles. The summed E-state index contributed by atoms with van der Waals surface area (Å²) in [5.41, 5.74) is 3.49. The van der Waals surface area contributed by atoms with Gasteiger partial charge in [0.05, 0.1) is 11.4 Å². The van der Waals surface area contributed by atoms with E-state index in [1.54, 1.807) is 28.7 Å². The minimum Gasteiger partial charge on any atom is -0.368 e. The van der Waals surface area contributed by atoms with E-state index in [0.29, 0.717) is 17.0 Å². The van der Waals surface area contributed by atoms with Gasteiger partial charge < -0.3 is 10.2 Å². The van der Waals surface area contributed by atoms with Gasteiger partial charge in [0, 0.05) is 65.8 Å². The second-order valence-electron chi connectivity index (χ2n) is 6.38. The van der Waals surface area contributed by atoms with Crippen LogP contribution in [0.15, 0.2) is 53.5 Å². The fraction of sp³-hybridized carbons (Fsp3) is 0.263. The summed E-state index contributed by atoms with van der Waals surface area (Å²) in [5, 5.41) is 3.32. The normalized spacial score (nSPS) is 14.6. The zero-order valence-corrected chi connectivity index (χ0v) is 14.6. The van der Waals surface area contributed by atoms with Crippen LogP contribution in [0.2, 0.25) is 0 Å². The average Bonchev–Trinajstić information content (AvgIpc) is 2.68. The molecular weight excluding hydrogens is 330 g/mol. The minimum absolute atomic E-state index is 0.119. The van der Waals surface area contributed by atoms with Crippen molar-refractivity contribution in [3.63, 3.8) is 0 Å². The zero-order valence-electron chi connectivity index (χ0n) is 14.6. The van der Waals surface area contributed by atoms with Gasteiger partial charge in [-0.1, -0.05) is 0 Å². The summed E-state index contributed by atoms with van der Waals surface area (Å²) in [6.07, 6.45) is 1.86. The van der Waals surface area contributed by atoms with Gasteiger partial charge in [-0.25, -0.2) is 4.98 Å². The number of nitrogens with one attached hydrogen (secondary N) is 1. The Morgan fingerprint density at radius 3 is 2.50 bits per heavy atom. The highest BCUT2D eigenvalue weighted by Crippen LogP contribution is 2.21. The summed E-state index contributed by atoms with van der Waals surface area (Å²) in [6.45, 7) is 3.73. The highest BCUT2D eigenvalue weighted by Gasteiger charge is 2.13. The van der Waals surface area contributed by atoms with E-state index in [2.05, 4.69) is 15.2 Å². The van der Waals surface area contributed by atoms with Crippen LogP contribution in [0.25, 0.3) is 16.9 Å². The highest BCUT2D eigenvalue weighted by atomic mass is 16.3. The molecule has 4 rings (SSSR count). The van der Waals surface area contributed by atoms with E-state index in [4.69, 9.17) is 0 Å². The first kappa shape index (κ1) is 16.4. The first-order valence-corrected chi connectivity index (χ1v) is 8.62. The second-order valence-corrected chi connectivity index (χ2v) is 6.38. The Bertz CT molecular complexity index is 1020. The molecule has 0 aliphatic carbocycles. The van der Waals surface area contributed by atoms with Crippen LogP contribution in [0.1, 0.15) is 0 Å². The number of benzene rings is 1. The number of fused-ring (bicyclic) bond motifs is 1. The van der Waals surface area contributed by atoms with Crippen molar-refractivity contribution in [2.75, 3.05) is 38.1 Å². The molecule has 1 aliphatic heterocycles. The van der Waals surface area contributed by atoms with Crippen molar-refractivity contribution >= 4 is 17.0 Å². The Hall–Kier alpha value is -3.06. The van der Waals surface area contributed by atoms with Crippen LogP contribution in [0.3, 0.4) is 0 Å². The third-order valence-electron chi connectivity index (χ3n) is 4.65. The lowest BCUT2D eigenvalue weighted by atomic mass is 10.1. The lowest BCUT2D eigenvalue weighted by Crippen LogP contribution is -2.43. The highest BCUT2D eigenvalue weighted by molar-refractivity contribution is 5.63. The zero-order chi connectivity index (χ0) is 18.1. The molecule has 7 heteroatoms. The van der Waals surface area contributed by atoms with Crippen molar-refractivity contribution in [1.82, 2.24) is 14.7 Å². The standard InChI is InChI=1S/C19H20N5O2/c1-22(26)15-4-2-14(3-5-15)17-12-19(25)24-13-16(6-7-18(24)21-17)23-10-8-20-9-11-23/h2-7,12-13,20H,8-11H2,1H3/q+1. The smallest absolute Gasteiger partial charge is 0.258 e. The number of nitrogens with zero attached hydrogens (tertiary/aromatic N) is 4. The molecule has 1 aliphatic rings. The molecule has 0 radical (unpaired) electrons. The van der Waals surface area contributed by atoms with Crippen LogP contribution in [0.5, 0.6) is 0 Å². The van der Waals surface area contributed by atoms with Crippen molar-refractivity contribution in [2.45, 2.75) is 0 Å². The van der Waals surface area contributed by atoms with E-state index in [1.165, 1.54) is 13.1 Å². The topological polar surface area (TPSA) is 69.7 Å². The van der Waals surface area contributed by atoms with E-state index in [9.17, 15) is 9.70 Å². The largest absolute Gasteiger partial charge is 0.368 e. The maximum atomic E-state index is 12.6. The van der Waals surface area contributed by atoms with Crippen molar-refractivity contribution in [3.8, 4) is 11.3 Å². The molecule has 0 saturated carbocycles.